The molecule has 1 saturated carbocycles. The van der Waals surface area contributed by atoms with E-state index < -0.39 is 17.8 Å². The average Bonchev–Trinajstić information content (AvgIpc) is 2.96. The lowest BCUT2D eigenvalue weighted by Crippen LogP contribution is -2.34. The van der Waals surface area contributed by atoms with Gasteiger partial charge in [0, 0.05) is 6.07 Å². The minimum atomic E-state index is -0.885. The van der Waals surface area contributed by atoms with Crippen LogP contribution < -0.4 is 5.32 Å². The number of hydrogen-bond donors (Lipinski definition) is 2. The Balaban J connectivity index is 1.89. The molecule has 6 heteroatoms. The molecule has 1 amide bonds. The number of aromatic nitrogens is 1. The molecule has 1 aliphatic rings. The zero-order chi connectivity index (χ0) is 12.3. The van der Waals surface area contributed by atoms with Gasteiger partial charge in [-0.2, -0.15) is 0 Å². The lowest BCUT2D eigenvalue weighted by molar-refractivity contribution is -0.146. The van der Waals surface area contributed by atoms with E-state index in [9.17, 15) is 9.59 Å². The maximum Gasteiger partial charge on any atom is 0.307 e. The highest BCUT2D eigenvalue weighted by Crippen LogP contribution is 2.32. The number of rotatable bonds is 4. The van der Waals surface area contributed by atoms with Gasteiger partial charge in [-0.15, -0.1) is 0 Å². The Kier molecular flexibility index (Phi) is 3.41. The van der Waals surface area contributed by atoms with Crippen molar-refractivity contribution >= 4 is 11.9 Å². The van der Waals surface area contributed by atoms with Crippen LogP contribution in [-0.4, -0.2) is 22.1 Å². The van der Waals surface area contributed by atoms with Crippen LogP contribution in [0.15, 0.2) is 16.9 Å². The van der Waals surface area contributed by atoms with Crippen LogP contribution in [0.1, 0.15) is 25.0 Å². The molecule has 2 rings (SSSR count). The van der Waals surface area contributed by atoms with Gasteiger partial charge in [-0.1, -0.05) is 11.6 Å². The minimum Gasteiger partial charge on any atom is -0.481 e. The van der Waals surface area contributed by atoms with Gasteiger partial charge in [-0.3, -0.25) is 9.59 Å². The van der Waals surface area contributed by atoms with Crippen molar-refractivity contribution in [3.63, 3.8) is 0 Å². The molecule has 6 nitrogen and oxygen atoms in total. The lowest BCUT2D eigenvalue weighted by Gasteiger charge is -2.14. The largest absolute Gasteiger partial charge is 0.481 e. The van der Waals surface area contributed by atoms with E-state index >= 15 is 0 Å². The highest BCUT2D eigenvalue weighted by molar-refractivity contribution is 5.85. The number of aliphatic carboxylic acids is 1. The van der Waals surface area contributed by atoms with Crippen molar-refractivity contribution in [1.82, 2.24) is 10.5 Å². The first-order valence-electron chi connectivity index (χ1n) is 5.58. The summed E-state index contributed by atoms with van der Waals surface area (Å²) >= 11 is 0. The number of carboxylic acid groups (broad SMARTS) is 1. The number of carbonyl (C=O) groups is 2. The third-order valence-corrected chi connectivity index (χ3v) is 3.10. The van der Waals surface area contributed by atoms with Gasteiger partial charge in [-0.05, 0) is 12.8 Å². The standard InChI is InChI=1S/C11H14N2O4/c14-10(12-6-7-4-5-17-13-7)8-2-1-3-9(8)11(15)16/h4-5,8-9H,1-3,6H2,(H,12,14)(H,15,16). The van der Waals surface area contributed by atoms with E-state index in [2.05, 4.69) is 15.0 Å². The smallest absolute Gasteiger partial charge is 0.307 e. The average molecular weight is 238 g/mol. The summed E-state index contributed by atoms with van der Waals surface area (Å²) in [6.07, 6.45) is 3.44. The topological polar surface area (TPSA) is 92.4 Å². The van der Waals surface area contributed by atoms with E-state index in [1.54, 1.807) is 6.07 Å². The Labute approximate surface area is 98.0 Å². The molecule has 1 aromatic rings. The van der Waals surface area contributed by atoms with Crippen molar-refractivity contribution in [2.75, 3.05) is 0 Å². The van der Waals surface area contributed by atoms with Crippen molar-refractivity contribution in [1.29, 1.82) is 0 Å². The number of nitrogens with one attached hydrogen (secondary N) is 1. The number of carbonyl (C=O) groups excluding carboxylic acids is 1. The van der Waals surface area contributed by atoms with E-state index in [1.165, 1.54) is 6.26 Å². The maximum atomic E-state index is 11.8. The van der Waals surface area contributed by atoms with Gasteiger partial charge < -0.3 is 14.9 Å². The number of carboxylic acids is 1. The van der Waals surface area contributed by atoms with Crippen LogP contribution in [0.2, 0.25) is 0 Å². The highest BCUT2D eigenvalue weighted by Gasteiger charge is 2.37. The predicted octanol–water partition coefficient (Wildman–Crippen LogP) is 0.792. The molecule has 92 valence electrons. The van der Waals surface area contributed by atoms with Crippen molar-refractivity contribution in [3.8, 4) is 0 Å². The summed E-state index contributed by atoms with van der Waals surface area (Å²) < 4.78 is 4.64. The number of amides is 1. The third kappa shape index (κ3) is 2.64. The van der Waals surface area contributed by atoms with E-state index in [0.717, 1.165) is 6.42 Å². The fourth-order valence-corrected chi connectivity index (χ4v) is 2.21. The lowest BCUT2D eigenvalue weighted by atomic mass is 9.95. The van der Waals surface area contributed by atoms with Crippen molar-refractivity contribution in [3.05, 3.63) is 18.0 Å². The van der Waals surface area contributed by atoms with Crippen LogP contribution in [-0.2, 0) is 16.1 Å². The van der Waals surface area contributed by atoms with Gasteiger partial charge in [0.1, 0.15) is 12.0 Å². The number of hydrogen-bond acceptors (Lipinski definition) is 4. The number of nitrogens with zero attached hydrogens (tertiary/aromatic N) is 1. The molecule has 2 N–H and O–H groups in total. The van der Waals surface area contributed by atoms with Gasteiger partial charge in [0.25, 0.3) is 0 Å². The molecule has 1 fully saturated rings. The van der Waals surface area contributed by atoms with E-state index in [0.29, 0.717) is 18.5 Å². The second-order valence-electron chi connectivity index (χ2n) is 4.19. The van der Waals surface area contributed by atoms with Gasteiger partial charge in [0.2, 0.25) is 5.91 Å². The van der Waals surface area contributed by atoms with Crippen molar-refractivity contribution in [2.45, 2.75) is 25.8 Å². The summed E-state index contributed by atoms with van der Waals surface area (Å²) in [5.41, 5.74) is 0.628. The molecular weight excluding hydrogens is 224 g/mol. The van der Waals surface area contributed by atoms with E-state index in [-0.39, 0.29) is 12.5 Å². The van der Waals surface area contributed by atoms with Crippen LogP contribution >= 0.6 is 0 Å². The molecule has 0 aliphatic heterocycles. The summed E-state index contributed by atoms with van der Waals surface area (Å²) in [5.74, 6) is -2.06. The molecule has 0 aromatic carbocycles. The molecule has 1 aliphatic carbocycles. The first kappa shape index (κ1) is 11.6. The normalized spacial score (nSPS) is 23.5. The summed E-state index contributed by atoms with van der Waals surface area (Å²) in [7, 11) is 0. The molecule has 1 heterocycles. The monoisotopic (exact) mass is 238 g/mol. The maximum absolute atomic E-state index is 11.8. The fraction of sp³-hybridized carbons (Fsp3) is 0.545. The van der Waals surface area contributed by atoms with Crippen molar-refractivity contribution < 1.29 is 19.2 Å². The van der Waals surface area contributed by atoms with Crippen LogP contribution in [0.25, 0.3) is 0 Å². The second-order valence-corrected chi connectivity index (χ2v) is 4.19. The zero-order valence-electron chi connectivity index (χ0n) is 9.26. The molecule has 0 saturated heterocycles. The minimum absolute atomic E-state index is 0.210. The molecule has 0 spiro atoms. The Morgan fingerprint density at radius 2 is 2.24 bits per heavy atom. The summed E-state index contributed by atoms with van der Waals surface area (Å²) in [5, 5.41) is 15.3. The van der Waals surface area contributed by atoms with Gasteiger partial charge >= 0.3 is 5.97 Å². The first-order chi connectivity index (χ1) is 8.18. The molecule has 2 atom stereocenters. The van der Waals surface area contributed by atoms with E-state index in [4.69, 9.17) is 5.11 Å². The van der Waals surface area contributed by atoms with Gasteiger partial charge in [0.05, 0.1) is 18.4 Å². The Morgan fingerprint density at radius 3 is 2.88 bits per heavy atom. The summed E-state index contributed by atoms with van der Waals surface area (Å²) in [6.45, 7) is 0.276. The van der Waals surface area contributed by atoms with Crippen molar-refractivity contribution in [2.24, 2.45) is 11.8 Å². The molecule has 0 radical (unpaired) electrons. The molecule has 17 heavy (non-hydrogen) atoms. The molecule has 2 unspecified atom stereocenters. The summed E-state index contributed by atoms with van der Waals surface area (Å²) in [4.78, 5) is 22.8. The van der Waals surface area contributed by atoms with Crippen LogP contribution in [0.5, 0.6) is 0 Å². The highest BCUT2D eigenvalue weighted by atomic mass is 16.5. The predicted molar refractivity (Wildman–Crippen MR) is 56.8 cm³/mol. The quantitative estimate of drug-likeness (QED) is 0.809. The van der Waals surface area contributed by atoms with Gasteiger partial charge in [0.15, 0.2) is 0 Å². The van der Waals surface area contributed by atoms with E-state index in [1.807, 2.05) is 0 Å². The van der Waals surface area contributed by atoms with Crippen LogP contribution in [0.4, 0.5) is 0 Å². The molecule has 1 aromatic heterocycles. The Bertz CT molecular complexity index is 402. The molecular formula is C11H14N2O4. The van der Waals surface area contributed by atoms with Gasteiger partial charge in [-0.25, -0.2) is 0 Å². The SMILES string of the molecule is O=C(O)C1CCCC1C(=O)NCc1ccon1. The third-order valence-electron chi connectivity index (χ3n) is 3.10. The molecule has 0 bridgehead atoms. The Hall–Kier alpha value is -1.85. The zero-order valence-corrected chi connectivity index (χ0v) is 9.26. The first-order valence-corrected chi connectivity index (χ1v) is 5.58. The Morgan fingerprint density at radius 1 is 1.47 bits per heavy atom. The summed E-state index contributed by atoms with van der Waals surface area (Å²) in [6, 6.07) is 1.66. The second kappa shape index (κ2) is 4.99. The van der Waals surface area contributed by atoms with Crippen LogP contribution in [0.3, 0.4) is 0 Å². The fourth-order valence-electron chi connectivity index (χ4n) is 2.21. The van der Waals surface area contributed by atoms with Crippen LogP contribution in [0, 0.1) is 11.8 Å².